The molecular weight excluding hydrogens is 616 g/mol. The van der Waals surface area contributed by atoms with Gasteiger partial charge in [-0.05, 0) is 55.9 Å². The standard InChI is InChI=1S/C38H40N8O3/c1-43-18-7-13-31(43)26-48-37-41-33-24-44(34-14-6-11-28-10-5-12-29(22-40)35(28)34)19-16-32(33)36(42-37)45-20-21-46(30(23-45)15-17-39)38(47)49-25-27-8-3-2-4-9-27/h2-6,8-12,14,30-31H,7,13,15-16,18-21,23-26H2,1H3/t30-,31-/m0/s1. The molecule has 0 radical (unpaired) electrons. The van der Waals surface area contributed by atoms with Crippen molar-refractivity contribution in [3.8, 4) is 18.1 Å². The summed E-state index contributed by atoms with van der Waals surface area (Å²) in [5.41, 5.74) is 4.51. The smallest absolute Gasteiger partial charge is 0.410 e. The minimum atomic E-state index is -0.416. The van der Waals surface area contributed by atoms with E-state index in [0.29, 0.717) is 56.8 Å². The number of nitrogens with zero attached hydrogens (tertiary/aromatic N) is 8. The Bertz CT molecular complexity index is 1900. The molecule has 11 nitrogen and oxygen atoms in total. The first kappa shape index (κ1) is 32.2. The maximum Gasteiger partial charge on any atom is 0.410 e. The highest BCUT2D eigenvalue weighted by Crippen LogP contribution is 2.36. The van der Waals surface area contributed by atoms with Crippen molar-refractivity contribution in [2.75, 3.05) is 56.2 Å². The van der Waals surface area contributed by atoms with Gasteiger partial charge in [0.25, 0.3) is 0 Å². The normalized spacial score (nSPS) is 19.3. The third-order valence-electron chi connectivity index (χ3n) is 9.99. The van der Waals surface area contributed by atoms with E-state index in [-0.39, 0.29) is 19.1 Å². The van der Waals surface area contributed by atoms with Crippen LogP contribution in [0.25, 0.3) is 10.8 Å². The van der Waals surface area contributed by atoms with Gasteiger partial charge in [0.05, 0.1) is 42.4 Å². The Morgan fingerprint density at radius 3 is 2.55 bits per heavy atom. The summed E-state index contributed by atoms with van der Waals surface area (Å²) in [7, 11) is 2.12. The van der Waals surface area contributed by atoms with Crippen molar-refractivity contribution in [2.45, 2.75) is 50.9 Å². The van der Waals surface area contributed by atoms with Crippen LogP contribution >= 0.6 is 0 Å². The molecule has 2 saturated heterocycles. The maximum absolute atomic E-state index is 13.2. The fourth-order valence-electron chi connectivity index (χ4n) is 7.33. The molecule has 49 heavy (non-hydrogen) atoms. The van der Waals surface area contributed by atoms with Gasteiger partial charge in [0.2, 0.25) is 0 Å². The summed E-state index contributed by atoms with van der Waals surface area (Å²) >= 11 is 0. The minimum Gasteiger partial charge on any atom is -0.462 e. The number of carbonyl (C=O) groups is 1. The van der Waals surface area contributed by atoms with E-state index in [0.717, 1.165) is 65.0 Å². The van der Waals surface area contributed by atoms with Crippen molar-refractivity contribution in [3.05, 3.63) is 89.1 Å². The largest absolute Gasteiger partial charge is 0.462 e. The summed E-state index contributed by atoms with van der Waals surface area (Å²) < 4.78 is 12.0. The Morgan fingerprint density at radius 1 is 0.939 bits per heavy atom. The second kappa shape index (κ2) is 14.4. The van der Waals surface area contributed by atoms with Crippen molar-refractivity contribution < 1.29 is 14.3 Å². The molecule has 3 aromatic carbocycles. The first-order valence-electron chi connectivity index (χ1n) is 17.0. The number of aromatic nitrogens is 2. The van der Waals surface area contributed by atoms with Crippen molar-refractivity contribution in [1.29, 1.82) is 10.5 Å². The van der Waals surface area contributed by atoms with E-state index in [2.05, 4.69) is 40.0 Å². The van der Waals surface area contributed by atoms with Crippen LogP contribution in [0, 0.1) is 22.7 Å². The fraction of sp³-hybridized carbons (Fsp3) is 0.395. The quantitative estimate of drug-likeness (QED) is 0.248. The number of likely N-dealkylation sites (N-methyl/N-ethyl adjacent to an activating group) is 1. The summed E-state index contributed by atoms with van der Waals surface area (Å²) in [5, 5.41) is 21.6. The number of fused-ring (bicyclic) bond motifs is 2. The molecule has 0 spiro atoms. The molecule has 2 atom stereocenters. The molecule has 0 saturated carbocycles. The Morgan fingerprint density at radius 2 is 1.78 bits per heavy atom. The number of hydrogen-bond acceptors (Lipinski definition) is 10. The summed E-state index contributed by atoms with van der Waals surface area (Å²) in [6.07, 6.45) is 2.67. The summed E-state index contributed by atoms with van der Waals surface area (Å²) in [4.78, 5) is 31.7. The minimum absolute atomic E-state index is 0.178. The average molecular weight is 657 g/mol. The van der Waals surface area contributed by atoms with Crippen LogP contribution in [0.3, 0.4) is 0 Å². The molecule has 0 bridgehead atoms. The molecule has 3 aliphatic heterocycles. The van der Waals surface area contributed by atoms with E-state index in [4.69, 9.17) is 19.4 Å². The second-order valence-corrected chi connectivity index (χ2v) is 13.0. The number of rotatable bonds is 8. The van der Waals surface area contributed by atoms with Crippen molar-refractivity contribution in [1.82, 2.24) is 19.8 Å². The van der Waals surface area contributed by atoms with Crippen molar-refractivity contribution >= 4 is 28.4 Å². The lowest BCUT2D eigenvalue weighted by molar-refractivity contribution is 0.0767. The number of ether oxygens (including phenoxy) is 2. The molecule has 250 valence electrons. The molecule has 1 aromatic heterocycles. The third-order valence-corrected chi connectivity index (χ3v) is 9.99. The topological polar surface area (TPSA) is 122 Å². The Kier molecular flexibility index (Phi) is 9.45. The number of anilines is 2. The van der Waals surface area contributed by atoms with Gasteiger partial charge in [0.15, 0.2) is 0 Å². The van der Waals surface area contributed by atoms with E-state index in [9.17, 15) is 15.3 Å². The van der Waals surface area contributed by atoms with Gasteiger partial charge in [-0.1, -0.05) is 54.6 Å². The lowest BCUT2D eigenvalue weighted by atomic mass is 9.99. The predicted molar refractivity (Wildman–Crippen MR) is 186 cm³/mol. The molecule has 0 N–H and O–H groups in total. The molecule has 0 aliphatic carbocycles. The Hall–Kier alpha value is -5.39. The molecule has 0 unspecified atom stereocenters. The highest BCUT2D eigenvalue weighted by Gasteiger charge is 2.35. The molecule has 4 aromatic rings. The van der Waals surface area contributed by atoms with Crippen LogP contribution in [0.5, 0.6) is 6.01 Å². The van der Waals surface area contributed by atoms with Gasteiger partial charge < -0.3 is 29.1 Å². The summed E-state index contributed by atoms with van der Waals surface area (Å²) in [6, 6.07) is 26.5. The predicted octanol–water partition coefficient (Wildman–Crippen LogP) is 5.28. The molecule has 11 heteroatoms. The van der Waals surface area contributed by atoms with Gasteiger partial charge in [0.1, 0.15) is 19.0 Å². The molecular formula is C38H40N8O3. The van der Waals surface area contributed by atoms with Crippen LogP contribution in [0.1, 0.15) is 41.6 Å². The van der Waals surface area contributed by atoms with Gasteiger partial charge in [-0.15, -0.1) is 0 Å². The number of piperazine rings is 1. The highest BCUT2D eigenvalue weighted by molar-refractivity contribution is 5.98. The van der Waals surface area contributed by atoms with Crippen LogP contribution in [-0.2, 0) is 24.3 Å². The second-order valence-electron chi connectivity index (χ2n) is 13.0. The van der Waals surface area contributed by atoms with Gasteiger partial charge in [-0.2, -0.15) is 20.5 Å². The Labute approximate surface area is 286 Å². The van der Waals surface area contributed by atoms with Gasteiger partial charge >= 0.3 is 12.1 Å². The van der Waals surface area contributed by atoms with Gasteiger partial charge in [-0.25, -0.2) is 4.79 Å². The van der Waals surface area contributed by atoms with Crippen LogP contribution in [-0.4, -0.2) is 84.3 Å². The zero-order valence-electron chi connectivity index (χ0n) is 27.8. The first-order valence-corrected chi connectivity index (χ1v) is 17.0. The molecule has 3 aliphatic rings. The highest BCUT2D eigenvalue weighted by atomic mass is 16.6. The zero-order valence-corrected chi connectivity index (χ0v) is 27.8. The lowest BCUT2D eigenvalue weighted by Crippen LogP contribution is -2.55. The number of amides is 1. The van der Waals surface area contributed by atoms with E-state index in [1.54, 1.807) is 4.90 Å². The lowest BCUT2D eigenvalue weighted by Gasteiger charge is -2.42. The monoisotopic (exact) mass is 656 g/mol. The SMILES string of the molecule is CN1CCC[C@H]1COc1nc2c(c(N3CCN(C(=O)OCc4ccccc4)[C@@H](CC#N)C3)n1)CCN(c1cccc3cccc(C#N)c13)C2. The van der Waals surface area contributed by atoms with Gasteiger partial charge in [0, 0.05) is 48.9 Å². The van der Waals surface area contributed by atoms with Crippen LogP contribution < -0.4 is 14.5 Å². The molecule has 1 amide bonds. The maximum atomic E-state index is 13.2. The number of benzene rings is 3. The summed E-state index contributed by atoms with van der Waals surface area (Å²) in [6.45, 7) is 4.38. The Balaban J connectivity index is 1.17. The van der Waals surface area contributed by atoms with Crippen LogP contribution in [0.15, 0.2) is 66.7 Å². The van der Waals surface area contributed by atoms with Crippen molar-refractivity contribution in [3.63, 3.8) is 0 Å². The molecule has 2 fully saturated rings. The zero-order chi connectivity index (χ0) is 33.7. The fourth-order valence-corrected chi connectivity index (χ4v) is 7.33. The van der Waals surface area contributed by atoms with E-state index in [1.807, 2.05) is 60.7 Å². The molecule has 4 heterocycles. The number of nitriles is 2. The summed E-state index contributed by atoms with van der Waals surface area (Å²) in [5.74, 6) is 0.801. The number of hydrogen-bond donors (Lipinski definition) is 0. The number of likely N-dealkylation sites (tertiary alicyclic amines) is 1. The van der Waals surface area contributed by atoms with Gasteiger partial charge in [-0.3, -0.25) is 0 Å². The first-order chi connectivity index (χ1) is 24.0. The van der Waals surface area contributed by atoms with Crippen molar-refractivity contribution in [2.24, 2.45) is 0 Å². The van der Waals surface area contributed by atoms with E-state index >= 15 is 0 Å². The van der Waals surface area contributed by atoms with E-state index < -0.39 is 6.09 Å². The van der Waals surface area contributed by atoms with Crippen LogP contribution in [0.2, 0.25) is 0 Å². The van der Waals surface area contributed by atoms with Crippen LogP contribution in [0.4, 0.5) is 16.3 Å². The van der Waals surface area contributed by atoms with E-state index in [1.165, 1.54) is 0 Å². The molecule has 7 rings (SSSR count). The third kappa shape index (κ3) is 6.81. The number of carbonyl (C=O) groups excluding carboxylic acids is 1. The average Bonchev–Trinajstić information content (AvgIpc) is 3.56.